The van der Waals surface area contributed by atoms with Crippen molar-refractivity contribution in [1.82, 2.24) is 14.9 Å². The molecule has 104 valence electrons. The van der Waals surface area contributed by atoms with E-state index in [0.717, 1.165) is 34.4 Å². The van der Waals surface area contributed by atoms with Gasteiger partial charge in [-0.05, 0) is 0 Å². The average molecular weight is 289 g/mol. The van der Waals surface area contributed by atoms with Gasteiger partial charge in [-0.3, -0.25) is 0 Å². The van der Waals surface area contributed by atoms with Crippen molar-refractivity contribution in [3.63, 3.8) is 0 Å². The molecule has 1 aromatic carbocycles. The van der Waals surface area contributed by atoms with Gasteiger partial charge in [-0.15, -0.1) is 0 Å². The fraction of sp³-hybridized carbons (Fsp3) is 0.286. The first-order valence-electron chi connectivity index (χ1n) is 6.41. The topological polar surface area (TPSA) is 56.1 Å². The van der Waals surface area contributed by atoms with E-state index in [1.165, 1.54) is 0 Å². The predicted octanol–water partition coefficient (Wildman–Crippen LogP) is 2.51. The van der Waals surface area contributed by atoms with Crippen LogP contribution in [0.1, 0.15) is 5.69 Å². The zero-order valence-electron chi connectivity index (χ0n) is 11.1. The van der Waals surface area contributed by atoms with Crippen LogP contribution in [0.5, 0.6) is 0 Å². The van der Waals surface area contributed by atoms with E-state index >= 15 is 0 Å². The molecule has 2 heterocycles. The van der Waals surface area contributed by atoms with Crippen molar-refractivity contribution in [2.45, 2.75) is 18.3 Å². The van der Waals surface area contributed by atoms with Crippen molar-refractivity contribution in [3.05, 3.63) is 36.0 Å². The Kier molecular flexibility index (Phi) is 3.64. The third-order valence-corrected chi connectivity index (χ3v) is 4.13. The number of hydrogen-bond donors (Lipinski definition) is 1. The quantitative estimate of drug-likeness (QED) is 0.943. The number of carbonyl (C=O) groups is 1. The Balaban J connectivity index is 1.96. The molecule has 0 atom stereocenters. The van der Waals surface area contributed by atoms with Crippen LogP contribution < -0.4 is 5.32 Å². The Hall–Kier alpha value is -1.95. The molecule has 3 rings (SSSR count). The monoisotopic (exact) mass is 289 g/mol. The summed E-state index contributed by atoms with van der Waals surface area (Å²) in [6, 6.07) is 9.98. The number of imidazole rings is 1. The van der Waals surface area contributed by atoms with E-state index in [9.17, 15) is 4.79 Å². The summed E-state index contributed by atoms with van der Waals surface area (Å²) in [6.07, 6.45) is -0.426. The van der Waals surface area contributed by atoms with Crippen LogP contribution in [0.2, 0.25) is 0 Å². The second-order valence-corrected chi connectivity index (χ2v) is 5.44. The number of aromatic nitrogens is 2. The molecular formula is C14H15N3O2S. The summed E-state index contributed by atoms with van der Waals surface area (Å²) < 4.78 is 7.34. The molecule has 1 aromatic heterocycles. The van der Waals surface area contributed by atoms with Crippen LogP contribution in [0.3, 0.4) is 0 Å². The summed E-state index contributed by atoms with van der Waals surface area (Å²) in [4.78, 5) is 16.0. The van der Waals surface area contributed by atoms with Crippen molar-refractivity contribution in [2.24, 2.45) is 0 Å². The number of nitrogens with zero attached hydrogens (tertiary/aromatic N) is 2. The van der Waals surface area contributed by atoms with Gasteiger partial charge in [0, 0.05) is 24.9 Å². The highest BCUT2D eigenvalue weighted by Crippen LogP contribution is 2.33. The number of rotatable bonds is 3. The zero-order chi connectivity index (χ0) is 13.9. The molecule has 0 spiro atoms. The van der Waals surface area contributed by atoms with E-state index in [-0.39, 0.29) is 6.61 Å². The Labute approximate surface area is 121 Å². The molecule has 5 nitrogen and oxygen atoms in total. The first kappa shape index (κ1) is 13.1. The lowest BCUT2D eigenvalue weighted by Gasteiger charge is -2.08. The van der Waals surface area contributed by atoms with Gasteiger partial charge in [0.1, 0.15) is 6.61 Å². The average Bonchev–Trinajstić information content (AvgIpc) is 3.06. The van der Waals surface area contributed by atoms with Crippen LogP contribution in [0, 0.1) is 0 Å². The molecule has 1 N–H and O–H groups in total. The highest BCUT2D eigenvalue weighted by atomic mass is 32.2. The molecule has 0 bridgehead atoms. The number of fused-ring (bicyclic) bond motifs is 1. The standard InChI is InChI=1S/C14H15N3O2S/c1-15-14(18)19-9-11-12(10-5-3-2-4-6-10)16-13-17(11)7-8-20-13/h2-6H,7-9H2,1H3,(H,15,18). The van der Waals surface area contributed by atoms with Gasteiger partial charge in [0.2, 0.25) is 0 Å². The summed E-state index contributed by atoms with van der Waals surface area (Å²) in [5, 5.41) is 3.46. The van der Waals surface area contributed by atoms with E-state index in [1.54, 1.807) is 18.8 Å². The number of hydrogen-bond acceptors (Lipinski definition) is 4. The third-order valence-electron chi connectivity index (χ3n) is 3.17. The molecule has 0 unspecified atom stereocenters. The number of ether oxygens (including phenoxy) is 1. The van der Waals surface area contributed by atoms with Crippen LogP contribution in [0.15, 0.2) is 35.5 Å². The minimum Gasteiger partial charge on any atom is -0.443 e. The van der Waals surface area contributed by atoms with Crippen LogP contribution in [0.4, 0.5) is 4.79 Å². The normalized spacial score (nSPS) is 13.1. The molecule has 1 aliphatic heterocycles. The number of alkyl carbamates (subject to hydrolysis) is 1. The lowest BCUT2D eigenvalue weighted by Crippen LogP contribution is -2.19. The Morgan fingerprint density at radius 1 is 1.45 bits per heavy atom. The predicted molar refractivity (Wildman–Crippen MR) is 77.6 cm³/mol. The van der Waals surface area contributed by atoms with E-state index < -0.39 is 6.09 Å². The fourth-order valence-corrected chi connectivity index (χ4v) is 3.18. The second-order valence-electron chi connectivity index (χ2n) is 4.38. The zero-order valence-corrected chi connectivity index (χ0v) is 11.9. The minimum absolute atomic E-state index is 0.234. The first-order chi connectivity index (χ1) is 9.79. The molecule has 0 radical (unpaired) electrons. The molecular weight excluding hydrogens is 274 g/mol. The Bertz CT molecular complexity index is 625. The number of amides is 1. The van der Waals surface area contributed by atoms with Crippen molar-refractivity contribution < 1.29 is 9.53 Å². The van der Waals surface area contributed by atoms with E-state index in [4.69, 9.17) is 4.74 Å². The summed E-state index contributed by atoms with van der Waals surface area (Å²) >= 11 is 1.73. The highest BCUT2D eigenvalue weighted by Gasteiger charge is 2.23. The number of carbonyl (C=O) groups excluding carboxylic acids is 1. The maximum absolute atomic E-state index is 11.3. The van der Waals surface area contributed by atoms with Crippen LogP contribution in [0.25, 0.3) is 11.3 Å². The largest absolute Gasteiger partial charge is 0.443 e. The third kappa shape index (κ3) is 2.38. The van der Waals surface area contributed by atoms with E-state index in [1.807, 2.05) is 30.3 Å². The van der Waals surface area contributed by atoms with Crippen LogP contribution in [-0.2, 0) is 17.9 Å². The van der Waals surface area contributed by atoms with Crippen molar-refractivity contribution in [2.75, 3.05) is 12.8 Å². The second kappa shape index (κ2) is 5.58. The Morgan fingerprint density at radius 3 is 3.00 bits per heavy atom. The molecule has 0 aliphatic carbocycles. The Morgan fingerprint density at radius 2 is 2.25 bits per heavy atom. The lowest BCUT2D eigenvalue weighted by atomic mass is 10.1. The molecule has 6 heteroatoms. The molecule has 0 saturated heterocycles. The SMILES string of the molecule is CNC(=O)OCc1c(-c2ccccc2)nc2n1CCS2. The van der Waals surface area contributed by atoms with Gasteiger partial charge in [-0.25, -0.2) is 9.78 Å². The molecule has 0 saturated carbocycles. The number of thioether (sulfide) groups is 1. The summed E-state index contributed by atoms with van der Waals surface area (Å²) in [5.74, 6) is 1.02. The summed E-state index contributed by atoms with van der Waals surface area (Å²) in [6.45, 7) is 1.14. The van der Waals surface area contributed by atoms with Gasteiger partial charge in [0.15, 0.2) is 5.16 Å². The van der Waals surface area contributed by atoms with Crippen molar-refractivity contribution in [1.29, 1.82) is 0 Å². The minimum atomic E-state index is -0.426. The lowest BCUT2D eigenvalue weighted by molar-refractivity contribution is 0.139. The van der Waals surface area contributed by atoms with Crippen molar-refractivity contribution >= 4 is 17.9 Å². The van der Waals surface area contributed by atoms with Gasteiger partial charge in [0.05, 0.1) is 11.4 Å². The number of nitrogens with one attached hydrogen (secondary N) is 1. The maximum Gasteiger partial charge on any atom is 0.407 e. The molecule has 0 fully saturated rings. The first-order valence-corrected chi connectivity index (χ1v) is 7.40. The highest BCUT2D eigenvalue weighted by molar-refractivity contribution is 7.99. The van der Waals surface area contributed by atoms with Gasteiger partial charge in [-0.2, -0.15) is 0 Å². The maximum atomic E-state index is 11.3. The van der Waals surface area contributed by atoms with Gasteiger partial charge >= 0.3 is 6.09 Å². The van der Waals surface area contributed by atoms with Crippen LogP contribution >= 0.6 is 11.8 Å². The smallest absolute Gasteiger partial charge is 0.407 e. The molecule has 2 aromatic rings. The van der Waals surface area contributed by atoms with E-state index in [0.29, 0.717) is 0 Å². The van der Waals surface area contributed by atoms with Gasteiger partial charge in [0.25, 0.3) is 0 Å². The van der Waals surface area contributed by atoms with Crippen LogP contribution in [-0.4, -0.2) is 28.4 Å². The van der Waals surface area contributed by atoms with Crippen molar-refractivity contribution in [3.8, 4) is 11.3 Å². The van der Waals surface area contributed by atoms with Gasteiger partial charge < -0.3 is 14.6 Å². The summed E-state index contributed by atoms with van der Waals surface area (Å²) in [5.41, 5.74) is 2.90. The van der Waals surface area contributed by atoms with E-state index in [2.05, 4.69) is 14.9 Å². The molecule has 1 amide bonds. The van der Waals surface area contributed by atoms with Gasteiger partial charge in [-0.1, -0.05) is 42.1 Å². The summed E-state index contributed by atoms with van der Waals surface area (Å²) in [7, 11) is 1.55. The molecule has 1 aliphatic rings. The fourth-order valence-electron chi connectivity index (χ4n) is 2.21. The number of benzene rings is 1. The molecule has 20 heavy (non-hydrogen) atoms.